The van der Waals surface area contributed by atoms with Gasteiger partial charge >= 0.3 is 5.97 Å². The summed E-state index contributed by atoms with van der Waals surface area (Å²) in [4.78, 5) is 39.7. The first-order chi connectivity index (χ1) is 14.0. The molecular weight excluding hydrogens is 390 g/mol. The van der Waals surface area contributed by atoms with E-state index in [2.05, 4.69) is 10.3 Å². The van der Waals surface area contributed by atoms with Gasteiger partial charge in [0.2, 0.25) is 5.91 Å². The van der Waals surface area contributed by atoms with Crippen molar-refractivity contribution in [1.82, 2.24) is 14.9 Å². The van der Waals surface area contributed by atoms with Gasteiger partial charge in [-0.2, -0.15) is 0 Å². The number of hydrogen-bond donors (Lipinski definition) is 2. The molecule has 2 aromatic rings. The largest absolute Gasteiger partial charge is 0.465 e. The number of aromatic nitrogens is 2. The number of esters is 1. The van der Waals surface area contributed by atoms with Crippen molar-refractivity contribution in [2.75, 3.05) is 7.11 Å². The van der Waals surface area contributed by atoms with Crippen molar-refractivity contribution in [3.8, 4) is 0 Å². The number of carbonyl (C=O) groups excluding carboxylic acids is 2. The summed E-state index contributed by atoms with van der Waals surface area (Å²) in [5, 5.41) is 3.56. The van der Waals surface area contributed by atoms with Gasteiger partial charge in [0.05, 0.1) is 23.6 Å². The molecule has 0 radical (unpaired) electrons. The summed E-state index contributed by atoms with van der Waals surface area (Å²) in [6.45, 7) is 0.362. The van der Waals surface area contributed by atoms with Gasteiger partial charge in [0, 0.05) is 19.0 Å². The number of nitrogens with one attached hydrogen (secondary N) is 2. The number of nitrogens with zero attached hydrogens (tertiary/aromatic N) is 1. The molecule has 0 bridgehead atoms. The van der Waals surface area contributed by atoms with Crippen LogP contribution in [0, 0.1) is 4.77 Å². The van der Waals surface area contributed by atoms with Crippen LogP contribution in [0.1, 0.15) is 61.7 Å². The normalized spacial score (nSPS) is 15.1. The van der Waals surface area contributed by atoms with Crippen molar-refractivity contribution in [3.05, 3.63) is 38.9 Å². The topological polar surface area (TPSA) is 93.2 Å². The van der Waals surface area contributed by atoms with Gasteiger partial charge in [-0.05, 0) is 49.7 Å². The predicted octanol–water partition coefficient (Wildman–Crippen LogP) is 3.46. The lowest BCUT2D eigenvalue weighted by Gasteiger charge is -2.16. The third kappa shape index (κ3) is 5.32. The van der Waals surface area contributed by atoms with Crippen LogP contribution in [0.5, 0.6) is 0 Å². The Kier molecular flexibility index (Phi) is 7.19. The third-order valence-electron chi connectivity index (χ3n) is 5.41. The molecule has 8 heteroatoms. The van der Waals surface area contributed by atoms with Gasteiger partial charge in [-0.3, -0.25) is 14.2 Å². The van der Waals surface area contributed by atoms with Gasteiger partial charge in [0.1, 0.15) is 0 Å². The molecule has 0 atom stereocenters. The number of ether oxygens (including phenoxy) is 1. The number of H-pyrrole nitrogens is 1. The lowest BCUT2D eigenvalue weighted by molar-refractivity contribution is -0.122. The molecule has 0 spiro atoms. The van der Waals surface area contributed by atoms with Crippen LogP contribution in [0.2, 0.25) is 0 Å². The highest BCUT2D eigenvalue weighted by Crippen LogP contribution is 2.17. The molecule has 156 valence electrons. The van der Waals surface area contributed by atoms with Gasteiger partial charge in [-0.1, -0.05) is 25.7 Å². The number of amides is 1. The summed E-state index contributed by atoms with van der Waals surface area (Å²) >= 11 is 5.32. The maximum absolute atomic E-state index is 12.8. The lowest BCUT2D eigenvalue weighted by Crippen LogP contribution is -2.34. The van der Waals surface area contributed by atoms with Crippen LogP contribution in [0.4, 0.5) is 0 Å². The molecule has 7 nitrogen and oxygen atoms in total. The fraction of sp³-hybridized carbons (Fsp3) is 0.524. The molecule has 1 aromatic carbocycles. The van der Waals surface area contributed by atoms with Crippen molar-refractivity contribution in [2.45, 2.75) is 64.0 Å². The number of rotatable bonds is 6. The first-order valence-corrected chi connectivity index (χ1v) is 10.5. The third-order valence-corrected chi connectivity index (χ3v) is 5.73. The Balaban J connectivity index is 1.65. The monoisotopic (exact) mass is 417 g/mol. The number of carbonyl (C=O) groups is 2. The van der Waals surface area contributed by atoms with Gasteiger partial charge in [0.15, 0.2) is 4.77 Å². The summed E-state index contributed by atoms with van der Waals surface area (Å²) in [6, 6.07) is 4.98. The van der Waals surface area contributed by atoms with Gasteiger partial charge in [-0.25, -0.2) is 4.79 Å². The predicted molar refractivity (Wildman–Crippen MR) is 114 cm³/mol. The number of hydrogen-bond acceptors (Lipinski definition) is 5. The van der Waals surface area contributed by atoms with Crippen LogP contribution in [-0.4, -0.2) is 34.6 Å². The van der Waals surface area contributed by atoms with Crippen LogP contribution < -0.4 is 10.9 Å². The van der Waals surface area contributed by atoms with E-state index >= 15 is 0 Å². The molecule has 29 heavy (non-hydrogen) atoms. The zero-order valence-corrected chi connectivity index (χ0v) is 17.5. The van der Waals surface area contributed by atoms with Crippen LogP contribution in [0.25, 0.3) is 10.9 Å². The zero-order chi connectivity index (χ0) is 20.8. The maximum atomic E-state index is 12.8. The van der Waals surface area contributed by atoms with Crippen LogP contribution in [-0.2, 0) is 16.1 Å². The minimum Gasteiger partial charge on any atom is -0.465 e. The molecule has 2 N–H and O–H groups in total. The Hall–Kier alpha value is -2.48. The van der Waals surface area contributed by atoms with E-state index in [-0.39, 0.29) is 22.3 Å². The Morgan fingerprint density at radius 1 is 1.24 bits per heavy atom. The average Bonchev–Trinajstić information content (AvgIpc) is 2.98. The summed E-state index contributed by atoms with van der Waals surface area (Å²) < 4.78 is 6.44. The highest BCUT2D eigenvalue weighted by atomic mass is 32.1. The van der Waals surface area contributed by atoms with Gasteiger partial charge in [0.25, 0.3) is 5.56 Å². The molecule has 0 unspecified atom stereocenters. The molecule has 1 aliphatic rings. The fourth-order valence-electron chi connectivity index (χ4n) is 3.82. The van der Waals surface area contributed by atoms with E-state index in [1.165, 1.54) is 37.4 Å². The average molecular weight is 418 g/mol. The molecule has 0 aliphatic heterocycles. The number of fused-ring (bicyclic) bond motifs is 1. The van der Waals surface area contributed by atoms with Crippen molar-refractivity contribution in [1.29, 1.82) is 0 Å². The second-order valence-corrected chi connectivity index (χ2v) is 7.89. The molecule has 1 fully saturated rings. The van der Waals surface area contributed by atoms with Crippen LogP contribution >= 0.6 is 12.2 Å². The van der Waals surface area contributed by atoms with Crippen LogP contribution in [0.3, 0.4) is 0 Å². The van der Waals surface area contributed by atoms with E-state index in [4.69, 9.17) is 17.0 Å². The summed E-state index contributed by atoms with van der Waals surface area (Å²) in [7, 11) is 1.30. The molecule has 1 aliphatic carbocycles. The Morgan fingerprint density at radius 3 is 2.66 bits per heavy atom. The van der Waals surface area contributed by atoms with Crippen molar-refractivity contribution in [2.24, 2.45) is 0 Å². The van der Waals surface area contributed by atoms with Crippen LogP contribution in [0.15, 0.2) is 23.0 Å². The molecule has 1 saturated carbocycles. The number of aromatic amines is 1. The SMILES string of the molecule is COC(=O)c1ccc2c(=O)n(CCCC(=O)NC3CCCCCC3)c(=S)[nH]c2c1. The number of benzene rings is 1. The van der Waals surface area contributed by atoms with Crippen molar-refractivity contribution < 1.29 is 14.3 Å². The maximum Gasteiger partial charge on any atom is 0.337 e. The highest BCUT2D eigenvalue weighted by Gasteiger charge is 2.15. The van der Waals surface area contributed by atoms with E-state index < -0.39 is 5.97 Å². The second kappa shape index (κ2) is 9.82. The lowest BCUT2D eigenvalue weighted by atomic mass is 10.1. The molecule has 0 saturated heterocycles. The second-order valence-electron chi connectivity index (χ2n) is 7.50. The molecule has 3 rings (SSSR count). The fourth-order valence-corrected chi connectivity index (χ4v) is 4.11. The first-order valence-electron chi connectivity index (χ1n) is 10.1. The summed E-state index contributed by atoms with van der Waals surface area (Å²) in [6.07, 6.45) is 7.82. The zero-order valence-electron chi connectivity index (χ0n) is 16.7. The molecule has 1 aromatic heterocycles. The Morgan fingerprint density at radius 2 is 1.97 bits per heavy atom. The minimum atomic E-state index is -0.477. The standard InChI is InChI=1S/C21H27N3O4S/c1-28-20(27)14-10-11-16-17(13-14)23-21(29)24(19(16)26)12-6-9-18(25)22-15-7-4-2-3-5-8-15/h10-11,13,15H,2-9,12H2,1H3,(H,22,25)(H,23,29). The van der Waals surface area contributed by atoms with Crippen molar-refractivity contribution in [3.63, 3.8) is 0 Å². The molecule has 1 heterocycles. The summed E-state index contributed by atoms with van der Waals surface area (Å²) in [5.74, 6) is -0.446. The van der Waals surface area contributed by atoms with Gasteiger partial charge < -0.3 is 15.0 Å². The Labute approximate surface area is 174 Å². The van der Waals surface area contributed by atoms with Crippen molar-refractivity contribution >= 4 is 35.0 Å². The van der Waals surface area contributed by atoms with E-state index in [1.807, 2.05) is 0 Å². The molecule has 1 amide bonds. The quantitative estimate of drug-likeness (QED) is 0.426. The molecular formula is C21H27N3O4S. The van der Waals surface area contributed by atoms with E-state index in [1.54, 1.807) is 18.2 Å². The van der Waals surface area contributed by atoms with E-state index in [0.29, 0.717) is 35.9 Å². The first kappa shape index (κ1) is 21.2. The smallest absolute Gasteiger partial charge is 0.337 e. The van der Waals surface area contributed by atoms with Gasteiger partial charge in [-0.15, -0.1) is 0 Å². The van der Waals surface area contributed by atoms with E-state index in [9.17, 15) is 14.4 Å². The van der Waals surface area contributed by atoms with E-state index in [0.717, 1.165) is 12.8 Å². The minimum absolute atomic E-state index is 0.0309. The number of methoxy groups -OCH3 is 1. The summed E-state index contributed by atoms with van der Waals surface area (Å²) in [5.41, 5.74) is 0.604. The highest BCUT2D eigenvalue weighted by molar-refractivity contribution is 7.71. The Bertz CT molecular complexity index is 1000.